The Morgan fingerprint density at radius 2 is 1.71 bits per heavy atom. The summed E-state index contributed by atoms with van der Waals surface area (Å²) in [5, 5.41) is 12.3. The molecule has 2 rings (SSSR count). The van der Waals surface area contributed by atoms with E-state index in [1.807, 2.05) is 0 Å². The molecule has 0 bridgehead atoms. The summed E-state index contributed by atoms with van der Waals surface area (Å²) in [6, 6.07) is 3.36. The van der Waals surface area contributed by atoms with Crippen LogP contribution in [0.2, 0.25) is 0 Å². The molecule has 9 heteroatoms. The van der Waals surface area contributed by atoms with Gasteiger partial charge >= 0.3 is 12.4 Å². The number of hydrogen-bond donors (Lipinski definition) is 1. The molecule has 0 atom stereocenters. The van der Waals surface area contributed by atoms with E-state index in [2.05, 4.69) is 5.10 Å². The highest BCUT2D eigenvalue weighted by Crippen LogP contribution is 2.35. The number of halogens is 6. The van der Waals surface area contributed by atoms with E-state index in [4.69, 9.17) is 5.11 Å². The smallest absolute Gasteiger partial charge is 0.392 e. The van der Waals surface area contributed by atoms with E-state index in [-0.39, 0.29) is 0 Å². The van der Waals surface area contributed by atoms with Gasteiger partial charge in [0.15, 0.2) is 5.69 Å². The van der Waals surface area contributed by atoms with Crippen molar-refractivity contribution in [2.24, 2.45) is 0 Å². The minimum absolute atomic E-state index is 0.334. The maximum Gasteiger partial charge on any atom is 0.433 e. The summed E-state index contributed by atoms with van der Waals surface area (Å²) < 4.78 is 77.0. The van der Waals surface area contributed by atoms with E-state index < -0.39 is 41.5 Å². The van der Waals surface area contributed by atoms with Gasteiger partial charge in [0.2, 0.25) is 0 Å². The highest BCUT2D eigenvalue weighted by molar-refractivity contribution is 5.40. The van der Waals surface area contributed by atoms with E-state index >= 15 is 0 Å². The predicted octanol–water partition coefficient (Wildman–Crippen LogP) is 3.40. The highest BCUT2D eigenvalue weighted by atomic mass is 19.4. The standard InChI is InChI=1S/C12H8F6N2O/c13-11(14,15)8-2-1-3-9(4-8)20-10(12(16,17)18)7(6-21)5-19-20/h1-5,21H,6H2. The lowest BCUT2D eigenvalue weighted by molar-refractivity contribution is -0.143. The van der Waals surface area contributed by atoms with Gasteiger partial charge in [-0.3, -0.25) is 0 Å². The Balaban J connectivity index is 2.61. The Morgan fingerprint density at radius 1 is 1.05 bits per heavy atom. The van der Waals surface area contributed by atoms with Crippen LogP contribution in [0.4, 0.5) is 26.3 Å². The zero-order chi connectivity index (χ0) is 15.8. The third-order valence-electron chi connectivity index (χ3n) is 2.70. The second-order valence-electron chi connectivity index (χ2n) is 4.13. The second-order valence-corrected chi connectivity index (χ2v) is 4.13. The molecule has 114 valence electrons. The SMILES string of the molecule is OCc1cnn(-c2cccc(C(F)(F)F)c2)c1C(F)(F)F. The first kappa shape index (κ1) is 15.4. The number of rotatable bonds is 2. The minimum atomic E-state index is -4.86. The molecule has 0 fully saturated rings. The molecule has 0 radical (unpaired) electrons. The fraction of sp³-hybridized carbons (Fsp3) is 0.250. The molecular formula is C12H8F6N2O. The zero-order valence-electron chi connectivity index (χ0n) is 10.2. The van der Waals surface area contributed by atoms with Gasteiger partial charge in [-0.2, -0.15) is 31.4 Å². The van der Waals surface area contributed by atoms with Gasteiger partial charge in [0.1, 0.15) is 0 Å². The molecule has 0 amide bonds. The molecule has 3 nitrogen and oxygen atoms in total. The number of aliphatic hydroxyl groups excluding tert-OH is 1. The van der Waals surface area contributed by atoms with Gasteiger partial charge in [-0.05, 0) is 18.2 Å². The third-order valence-corrected chi connectivity index (χ3v) is 2.70. The molecule has 0 saturated heterocycles. The first-order valence-electron chi connectivity index (χ1n) is 5.57. The van der Waals surface area contributed by atoms with Crippen molar-refractivity contribution < 1.29 is 31.4 Å². The maximum atomic E-state index is 13.0. The van der Waals surface area contributed by atoms with Gasteiger partial charge in [0.05, 0.1) is 24.1 Å². The average molecular weight is 310 g/mol. The van der Waals surface area contributed by atoms with Crippen LogP contribution < -0.4 is 0 Å². The summed E-state index contributed by atoms with van der Waals surface area (Å²) in [6.07, 6.45) is -8.77. The Hall–Kier alpha value is -2.03. The van der Waals surface area contributed by atoms with Crippen molar-refractivity contribution in [1.82, 2.24) is 9.78 Å². The molecule has 2 aromatic rings. The summed E-state index contributed by atoms with van der Waals surface area (Å²) in [4.78, 5) is 0. The van der Waals surface area contributed by atoms with Crippen LogP contribution in [-0.2, 0) is 19.0 Å². The van der Waals surface area contributed by atoms with Crippen molar-refractivity contribution in [2.45, 2.75) is 19.0 Å². The molecule has 0 aliphatic rings. The average Bonchev–Trinajstić information content (AvgIpc) is 2.81. The minimum Gasteiger partial charge on any atom is -0.392 e. The normalized spacial score (nSPS) is 12.7. The van der Waals surface area contributed by atoms with Crippen LogP contribution in [0.3, 0.4) is 0 Å². The lowest BCUT2D eigenvalue weighted by Crippen LogP contribution is -2.16. The Labute approximate surface area is 114 Å². The van der Waals surface area contributed by atoms with Gasteiger partial charge in [-0.15, -0.1) is 0 Å². The molecule has 0 aliphatic heterocycles. The molecular weight excluding hydrogens is 302 g/mol. The van der Waals surface area contributed by atoms with Crippen LogP contribution in [0.5, 0.6) is 0 Å². The Kier molecular flexibility index (Phi) is 3.70. The predicted molar refractivity (Wildman–Crippen MR) is 59.5 cm³/mol. The van der Waals surface area contributed by atoms with Gasteiger partial charge in [-0.1, -0.05) is 6.07 Å². The van der Waals surface area contributed by atoms with Crippen LogP contribution >= 0.6 is 0 Å². The molecule has 0 aliphatic carbocycles. The number of alkyl halides is 6. The van der Waals surface area contributed by atoms with Crippen molar-refractivity contribution in [1.29, 1.82) is 0 Å². The molecule has 1 aromatic heterocycles. The summed E-state index contributed by atoms with van der Waals surface area (Å²) in [5.74, 6) is 0. The van der Waals surface area contributed by atoms with E-state index in [1.165, 1.54) is 0 Å². The number of hydrogen-bond acceptors (Lipinski definition) is 2. The molecule has 1 N–H and O–H groups in total. The molecule has 0 spiro atoms. The van der Waals surface area contributed by atoms with Gasteiger partial charge < -0.3 is 5.11 Å². The first-order valence-corrected chi connectivity index (χ1v) is 5.57. The van der Waals surface area contributed by atoms with E-state index in [9.17, 15) is 26.3 Å². The van der Waals surface area contributed by atoms with Crippen LogP contribution in [0.1, 0.15) is 16.8 Å². The number of aliphatic hydroxyl groups is 1. The molecule has 1 aromatic carbocycles. The van der Waals surface area contributed by atoms with E-state index in [0.29, 0.717) is 10.7 Å². The lowest BCUT2D eigenvalue weighted by Gasteiger charge is -2.13. The number of nitrogens with zero attached hydrogens (tertiary/aromatic N) is 2. The quantitative estimate of drug-likeness (QED) is 0.863. The van der Waals surface area contributed by atoms with Crippen LogP contribution in [-0.4, -0.2) is 14.9 Å². The van der Waals surface area contributed by atoms with Crippen molar-refractivity contribution in [2.75, 3.05) is 0 Å². The van der Waals surface area contributed by atoms with Crippen molar-refractivity contribution in [3.8, 4) is 5.69 Å². The second kappa shape index (κ2) is 5.06. The summed E-state index contributed by atoms with van der Waals surface area (Å²) in [5.41, 5.74) is -3.30. The van der Waals surface area contributed by atoms with Gasteiger partial charge in [-0.25, -0.2) is 4.68 Å². The Morgan fingerprint density at radius 3 is 2.24 bits per heavy atom. The largest absolute Gasteiger partial charge is 0.433 e. The Bertz CT molecular complexity index is 644. The van der Waals surface area contributed by atoms with Crippen LogP contribution in [0, 0.1) is 0 Å². The van der Waals surface area contributed by atoms with Crippen molar-refractivity contribution in [3.05, 3.63) is 47.3 Å². The van der Waals surface area contributed by atoms with E-state index in [1.54, 1.807) is 0 Å². The van der Waals surface area contributed by atoms with Gasteiger partial charge in [0, 0.05) is 5.56 Å². The number of aromatic nitrogens is 2. The molecule has 1 heterocycles. The summed E-state index contributed by atoms with van der Waals surface area (Å²) in [6.45, 7) is -0.923. The molecule has 0 saturated carbocycles. The summed E-state index contributed by atoms with van der Waals surface area (Å²) >= 11 is 0. The first-order chi connectivity index (χ1) is 9.64. The number of benzene rings is 1. The molecule has 0 unspecified atom stereocenters. The third kappa shape index (κ3) is 3.02. The highest BCUT2D eigenvalue weighted by Gasteiger charge is 2.39. The van der Waals surface area contributed by atoms with Crippen molar-refractivity contribution >= 4 is 0 Å². The zero-order valence-corrected chi connectivity index (χ0v) is 10.2. The summed E-state index contributed by atoms with van der Waals surface area (Å²) in [7, 11) is 0. The fourth-order valence-corrected chi connectivity index (χ4v) is 1.81. The fourth-order valence-electron chi connectivity index (χ4n) is 1.81. The van der Waals surface area contributed by atoms with Gasteiger partial charge in [0.25, 0.3) is 0 Å². The van der Waals surface area contributed by atoms with Crippen LogP contribution in [0.15, 0.2) is 30.5 Å². The van der Waals surface area contributed by atoms with Crippen molar-refractivity contribution in [3.63, 3.8) is 0 Å². The van der Waals surface area contributed by atoms with E-state index in [0.717, 1.165) is 24.4 Å². The topological polar surface area (TPSA) is 38.1 Å². The molecule has 21 heavy (non-hydrogen) atoms. The monoisotopic (exact) mass is 310 g/mol. The lowest BCUT2D eigenvalue weighted by atomic mass is 10.2. The van der Waals surface area contributed by atoms with Crippen LogP contribution in [0.25, 0.3) is 5.69 Å². The maximum absolute atomic E-state index is 13.0.